The van der Waals surface area contributed by atoms with Gasteiger partial charge in [-0.25, -0.2) is 21.6 Å². The SMILES string of the molecule is CCOC(=O)C1=C2C(c3ccccc3)=CC(N3CCOCC3)=NN2C(c2ccc(N(S(C)(=O)=O)S(C)(=O)=O)cc2)C1C(=O)OCC. The summed E-state index contributed by atoms with van der Waals surface area (Å²) in [6, 6.07) is 14.2. The molecule has 3 aliphatic rings. The van der Waals surface area contributed by atoms with Gasteiger partial charge in [0.2, 0.25) is 20.0 Å². The summed E-state index contributed by atoms with van der Waals surface area (Å²) < 4.78 is 66.7. The Bertz CT molecular complexity index is 1770. The first kappa shape index (κ1) is 33.2. The molecule has 1 fully saturated rings. The molecule has 15 heteroatoms. The Morgan fingerprint density at radius 1 is 0.913 bits per heavy atom. The minimum absolute atomic E-state index is 0.0494. The minimum Gasteiger partial charge on any atom is -0.465 e. The lowest BCUT2D eigenvalue weighted by Gasteiger charge is -2.36. The molecule has 2 aromatic rings. The highest BCUT2D eigenvalue weighted by atomic mass is 32.3. The number of carbonyl (C=O) groups is 2. The molecule has 0 saturated carbocycles. The molecule has 246 valence electrons. The molecule has 1 saturated heterocycles. The zero-order chi connectivity index (χ0) is 33.2. The second kappa shape index (κ2) is 13.3. The Kier molecular flexibility index (Phi) is 9.56. The van der Waals surface area contributed by atoms with Crippen molar-refractivity contribution in [1.29, 1.82) is 0 Å². The predicted octanol–water partition coefficient (Wildman–Crippen LogP) is 2.51. The lowest BCUT2D eigenvalue weighted by atomic mass is 9.88. The summed E-state index contributed by atoms with van der Waals surface area (Å²) in [6.07, 6.45) is 3.48. The number of nitrogens with zero attached hydrogens (tertiary/aromatic N) is 4. The summed E-state index contributed by atoms with van der Waals surface area (Å²) in [6.45, 7) is 5.58. The Morgan fingerprint density at radius 2 is 1.52 bits per heavy atom. The first-order valence-corrected chi connectivity index (χ1v) is 18.4. The van der Waals surface area contributed by atoms with Crippen molar-refractivity contribution in [2.24, 2.45) is 11.0 Å². The number of anilines is 1. The molecule has 0 N–H and O–H groups in total. The number of hydrogen-bond acceptors (Lipinski definition) is 12. The van der Waals surface area contributed by atoms with Crippen LogP contribution in [0.3, 0.4) is 0 Å². The number of sulfonamides is 2. The number of morpholine rings is 1. The van der Waals surface area contributed by atoms with Crippen molar-refractivity contribution < 1.29 is 40.6 Å². The number of fused-ring (bicyclic) bond motifs is 1. The number of amidine groups is 1. The second-order valence-electron chi connectivity index (χ2n) is 10.8. The summed E-state index contributed by atoms with van der Waals surface area (Å²) in [5.41, 5.74) is 2.22. The number of allylic oxidation sites excluding steroid dienone is 1. The van der Waals surface area contributed by atoms with E-state index in [9.17, 15) is 26.4 Å². The minimum atomic E-state index is -4.20. The molecule has 0 spiro atoms. The van der Waals surface area contributed by atoms with Gasteiger partial charge in [0.1, 0.15) is 11.8 Å². The quantitative estimate of drug-likeness (QED) is 0.361. The molecule has 2 atom stereocenters. The van der Waals surface area contributed by atoms with Gasteiger partial charge in [0, 0.05) is 18.7 Å². The zero-order valence-electron chi connectivity index (χ0n) is 26.0. The number of carbonyl (C=O) groups excluding carboxylic acids is 2. The lowest BCUT2D eigenvalue weighted by Crippen LogP contribution is -2.42. The van der Waals surface area contributed by atoms with Crippen LogP contribution in [0.25, 0.3) is 5.57 Å². The fourth-order valence-corrected chi connectivity index (χ4v) is 8.85. The van der Waals surface area contributed by atoms with Crippen LogP contribution in [-0.4, -0.2) is 96.5 Å². The highest BCUT2D eigenvalue weighted by Crippen LogP contribution is 2.51. The first-order chi connectivity index (χ1) is 21.9. The molecule has 3 heterocycles. The Hall–Kier alpha value is -4.21. The number of ether oxygens (including phenoxy) is 3. The summed E-state index contributed by atoms with van der Waals surface area (Å²) in [5.74, 6) is -1.97. The average molecular weight is 673 g/mol. The maximum absolute atomic E-state index is 13.8. The van der Waals surface area contributed by atoms with Gasteiger partial charge >= 0.3 is 11.9 Å². The van der Waals surface area contributed by atoms with Crippen LogP contribution in [0.1, 0.15) is 31.0 Å². The molecule has 0 radical (unpaired) electrons. The number of benzene rings is 2. The van der Waals surface area contributed by atoms with E-state index in [0.717, 1.165) is 18.1 Å². The van der Waals surface area contributed by atoms with E-state index in [2.05, 4.69) is 4.90 Å². The Balaban J connectivity index is 1.74. The van der Waals surface area contributed by atoms with E-state index >= 15 is 0 Å². The van der Waals surface area contributed by atoms with E-state index in [1.54, 1.807) is 18.9 Å². The molecular weight excluding hydrogens is 636 g/mol. The maximum atomic E-state index is 13.8. The molecule has 2 aromatic carbocycles. The van der Waals surface area contributed by atoms with Gasteiger partial charge in [0.05, 0.1) is 61.9 Å². The number of rotatable bonds is 9. The van der Waals surface area contributed by atoms with E-state index in [1.807, 2.05) is 36.4 Å². The third-order valence-corrected chi connectivity index (χ3v) is 10.9. The summed E-state index contributed by atoms with van der Waals surface area (Å²) in [4.78, 5) is 29.6. The Morgan fingerprint density at radius 3 is 2.09 bits per heavy atom. The molecule has 3 aliphatic heterocycles. The topological polar surface area (TPSA) is 152 Å². The normalized spacial score (nSPS) is 20.1. The van der Waals surface area contributed by atoms with Gasteiger partial charge in [0.15, 0.2) is 0 Å². The van der Waals surface area contributed by atoms with Crippen molar-refractivity contribution in [3.05, 3.63) is 83.1 Å². The van der Waals surface area contributed by atoms with Crippen LogP contribution in [0, 0.1) is 5.92 Å². The van der Waals surface area contributed by atoms with Crippen molar-refractivity contribution in [2.75, 3.05) is 55.7 Å². The number of hydrazone groups is 1. The number of esters is 2. The molecule has 46 heavy (non-hydrogen) atoms. The summed E-state index contributed by atoms with van der Waals surface area (Å²) in [7, 11) is -8.39. The van der Waals surface area contributed by atoms with Crippen molar-refractivity contribution in [3.8, 4) is 0 Å². The van der Waals surface area contributed by atoms with Gasteiger partial charge in [-0.3, -0.25) is 9.80 Å². The van der Waals surface area contributed by atoms with Crippen molar-refractivity contribution >= 4 is 49.1 Å². The van der Waals surface area contributed by atoms with Gasteiger partial charge in [-0.2, -0.15) is 8.81 Å². The van der Waals surface area contributed by atoms with Crippen LogP contribution in [0.2, 0.25) is 0 Å². The van der Waals surface area contributed by atoms with E-state index in [-0.39, 0.29) is 24.5 Å². The van der Waals surface area contributed by atoms with Crippen molar-refractivity contribution in [2.45, 2.75) is 19.9 Å². The van der Waals surface area contributed by atoms with Crippen LogP contribution in [-0.2, 0) is 43.8 Å². The fourth-order valence-electron chi connectivity index (χ4n) is 5.88. The van der Waals surface area contributed by atoms with E-state index < -0.39 is 43.9 Å². The Labute approximate surface area is 268 Å². The van der Waals surface area contributed by atoms with Crippen molar-refractivity contribution in [3.63, 3.8) is 0 Å². The van der Waals surface area contributed by atoms with Crippen LogP contribution < -0.4 is 3.71 Å². The van der Waals surface area contributed by atoms with Crippen LogP contribution >= 0.6 is 0 Å². The molecule has 5 rings (SSSR count). The molecule has 0 bridgehead atoms. The second-order valence-corrected chi connectivity index (χ2v) is 14.7. The molecule has 2 unspecified atom stereocenters. The van der Waals surface area contributed by atoms with Gasteiger partial charge in [-0.15, -0.1) is 0 Å². The fraction of sp³-hybridized carbons (Fsp3) is 0.387. The molecular formula is C31H36N4O9S2. The lowest BCUT2D eigenvalue weighted by molar-refractivity contribution is -0.151. The highest BCUT2D eigenvalue weighted by molar-refractivity contribution is 8.09. The average Bonchev–Trinajstić information content (AvgIpc) is 3.36. The monoisotopic (exact) mass is 672 g/mol. The summed E-state index contributed by atoms with van der Waals surface area (Å²) >= 11 is 0. The third kappa shape index (κ3) is 6.52. The first-order valence-electron chi connectivity index (χ1n) is 14.7. The van der Waals surface area contributed by atoms with Gasteiger partial charge in [0.25, 0.3) is 0 Å². The maximum Gasteiger partial charge on any atom is 0.337 e. The van der Waals surface area contributed by atoms with Crippen molar-refractivity contribution in [1.82, 2.24) is 9.91 Å². The molecule has 0 aromatic heterocycles. The zero-order valence-corrected chi connectivity index (χ0v) is 27.6. The van der Waals surface area contributed by atoms with Crippen LogP contribution in [0.5, 0.6) is 0 Å². The standard InChI is InChI=1S/C31H36N4O9S2/c1-5-43-30(36)26-27(31(37)44-6-2)29-24(21-10-8-7-9-11-21)20-25(33-16-18-42-19-17-33)32-34(29)28(26)22-12-14-23(15-13-22)35(45(3,38)39)46(4,40)41/h7-15,20,26,28H,5-6,16-19H2,1-4H3. The predicted molar refractivity (Wildman–Crippen MR) is 171 cm³/mol. The van der Waals surface area contributed by atoms with Gasteiger partial charge < -0.3 is 19.1 Å². The van der Waals surface area contributed by atoms with Gasteiger partial charge in [-0.05, 0) is 43.2 Å². The molecule has 0 amide bonds. The van der Waals surface area contributed by atoms with E-state index in [1.165, 1.54) is 24.3 Å². The van der Waals surface area contributed by atoms with E-state index in [0.29, 0.717) is 52.7 Å². The number of hydrogen-bond donors (Lipinski definition) is 0. The van der Waals surface area contributed by atoms with Crippen LogP contribution in [0.4, 0.5) is 5.69 Å². The third-order valence-electron chi connectivity index (χ3n) is 7.62. The highest BCUT2D eigenvalue weighted by Gasteiger charge is 2.52. The largest absolute Gasteiger partial charge is 0.465 e. The smallest absolute Gasteiger partial charge is 0.337 e. The molecule has 13 nitrogen and oxygen atoms in total. The molecule has 0 aliphatic carbocycles. The van der Waals surface area contributed by atoms with Gasteiger partial charge in [-0.1, -0.05) is 42.5 Å². The van der Waals surface area contributed by atoms with E-state index in [4.69, 9.17) is 19.3 Å². The summed E-state index contributed by atoms with van der Waals surface area (Å²) in [5, 5.41) is 6.62. The van der Waals surface area contributed by atoms with Crippen LogP contribution in [0.15, 0.2) is 77.0 Å².